The van der Waals surface area contributed by atoms with Gasteiger partial charge in [-0.05, 0) is 13.0 Å². The molecule has 0 atom stereocenters. The van der Waals surface area contributed by atoms with Crippen LogP contribution < -0.4 is 10.9 Å². The molecule has 1 aromatic heterocycles. The molecule has 0 radical (unpaired) electrons. The van der Waals surface area contributed by atoms with E-state index in [2.05, 4.69) is 9.97 Å². The average Bonchev–Trinajstić information content (AvgIpc) is 2.45. The summed E-state index contributed by atoms with van der Waals surface area (Å²) in [6.45, 7) is 1.66. The molecule has 22 heavy (non-hydrogen) atoms. The van der Waals surface area contributed by atoms with Crippen LogP contribution in [-0.2, 0) is 4.74 Å². The molecule has 0 saturated heterocycles. The highest BCUT2D eigenvalue weighted by Crippen LogP contribution is 2.33. The van der Waals surface area contributed by atoms with Gasteiger partial charge in [-0.15, -0.1) is 0 Å². The minimum atomic E-state index is -0.920. The third-order valence-electron chi connectivity index (χ3n) is 2.62. The van der Waals surface area contributed by atoms with Gasteiger partial charge < -0.3 is 9.84 Å². The predicted molar refractivity (Wildman–Crippen MR) is 76.6 cm³/mol. The van der Waals surface area contributed by atoms with Crippen LogP contribution in [0.1, 0.15) is 6.92 Å². The molecule has 1 aromatic carbocycles. The SMILES string of the molecule is CCOC(=O)N(N)c1nc(O)nc2cc([N+](=O)[O-])c(Cl)cc12. The molecule has 2 aromatic rings. The van der Waals surface area contributed by atoms with Crippen molar-refractivity contribution in [3.63, 3.8) is 0 Å². The molecule has 1 amide bonds. The van der Waals surface area contributed by atoms with Crippen molar-refractivity contribution in [1.82, 2.24) is 9.97 Å². The fourth-order valence-corrected chi connectivity index (χ4v) is 1.95. The van der Waals surface area contributed by atoms with Crippen molar-refractivity contribution in [2.24, 2.45) is 5.84 Å². The lowest BCUT2D eigenvalue weighted by atomic mass is 10.2. The molecular weight excluding hydrogens is 318 g/mol. The average molecular weight is 328 g/mol. The molecule has 10 nitrogen and oxygen atoms in total. The van der Waals surface area contributed by atoms with E-state index in [0.29, 0.717) is 5.01 Å². The van der Waals surface area contributed by atoms with E-state index in [-0.39, 0.29) is 28.4 Å². The van der Waals surface area contributed by atoms with Gasteiger partial charge in [0, 0.05) is 11.5 Å². The topological polar surface area (TPSA) is 145 Å². The first kappa shape index (κ1) is 15.7. The summed E-state index contributed by atoms with van der Waals surface area (Å²) >= 11 is 5.82. The third-order valence-corrected chi connectivity index (χ3v) is 2.92. The Morgan fingerprint density at radius 1 is 1.55 bits per heavy atom. The number of hydrazine groups is 1. The lowest BCUT2D eigenvalue weighted by Crippen LogP contribution is -2.38. The molecule has 0 bridgehead atoms. The van der Waals surface area contributed by atoms with Crippen LogP contribution in [0.2, 0.25) is 5.02 Å². The first-order valence-electron chi connectivity index (χ1n) is 5.91. The fourth-order valence-electron chi connectivity index (χ4n) is 1.71. The van der Waals surface area contributed by atoms with Gasteiger partial charge in [-0.25, -0.2) is 10.6 Å². The number of nitro groups is 1. The largest absolute Gasteiger partial charge is 0.479 e. The van der Waals surface area contributed by atoms with Gasteiger partial charge in [-0.3, -0.25) is 10.1 Å². The maximum atomic E-state index is 11.7. The molecule has 0 saturated carbocycles. The highest BCUT2D eigenvalue weighted by molar-refractivity contribution is 6.33. The molecule has 0 unspecified atom stereocenters. The summed E-state index contributed by atoms with van der Waals surface area (Å²) < 4.78 is 4.72. The number of aromatic hydroxyl groups is 1. The van der Waals surface area contributed by atoms with Gasteiger partial charge in [-0.1, -0.05) is 11.6 Å². The van der Waals surface area contributed by atoms with Crippen molar-refractivity contribution in [1.29, 1.82) is 0 Å². The van der Waals surface area contributed by atoms with Crippen LogP contribution in [0.4, 0.5) is 16.3 Å². The number of carbonyl (C=O) groups is 1. The quantitative estimate of drug-likeness (QED) is 0.375. The second-order valence-corrected chi connectivity index (χ2v) is 4.40. The lowest BCUT2D eigenvalue weighted by Gasteiger charge is -2.16. The number of nitrogens with two attached hydrogens (primary N) is 1. The van der Waals surface area contributed by atoms with Crippen LogP contribution in [-0.4, -0.2) is 32.7 Å². The number of ether oxygens (including phenoxy) is 1. The van der Waals surface area contributed by atoms with Crippen molar-refractivity contribution in [2.45, 2.75) is 6.92 Å². The molecular formula is C11H10ClN5O5. The number of aromatic nitrogens is 2. The number of fused-ring (bicyclic) bond motifs is 1. The number of nitrogens with zero attached hydrogens (tertiary/aromatic N) is 4. The monoisotopic (exact) mass is 327 g/mol. The predicted octanol–water partition coefficient (Wildman–Crippen LogP) is 1.73. The number of benzene rings is 1. The van der Waals surface area contributed by atoms with Crippen molar-refractivity contribution < 1.29 is 19.6 Å². The van der Waals surface area contributed by atoms with Crippen LogP contribution in [0, 0.1) is 10.1 Å². The van der Waals surface area contributed by atoms with E-state index in [1.165, 1.54) is 6.07 Å². The Hall–Kier alpha value is -2.72. The maximum Gasteiger partial charge on any atom is 0.430 e. The van der Waals surface area contributed by atoms with Crippen LogP contribution in [0.25, 0.3) is 10.9 Å². The van der Waals surface area contributed by atoms with E-state index in [1.807, 2.05) is 0 Å². The number of carbonyl (C=O) groups excluding carboxylic acids is 1. The minimum Gasteiger partial charge on any atom is -0.479 e. The standard InChI is InChI=1S/C11H10ClN5O5/c1-2-22-11(19)16(13)9-5-3-6(12)8(17(20)21)4-7(5)14-10(18)15-9/h3-4H,2,13H2,1H3,(H,14,15,18). The number of hydrogen-bond acceptors (Lipinski definition) is 8. The second kappa shape index (κ2) is 5.95. The summed E-state index contributed by atoms with van der Waals surface area (Å²) in [7, 11) is 0. The Morgan fingerprint density at radius 3 is 2.82 bits per heavy atom. The molecule has 0 aliphatic rings. The maximum absolute atomic E-state index is 11.7. The number of rotatable bonds is 3. The summed E-state index contributed by atoms with van der Waals surface area (Å²) in [5, 5.41) is 20.9. The summed E-state index contributed by atoms with van der Waals surface area (Å²) in [4.78, 5) is 29.1. The van der Waals surface area contributed by atoms with Crippen molar-refractivity contribution in [3.8, 4) is 6.01 Å². The molecule has 2 rings (SSSR count). The van der Waals surface area contributed by atoms with E-state index in [1.54, 1.807) is 6.92 Å². The summed E-state index contributed by atoms with van der Waals surface area (Å²) in [5.41, 5.74) is -0.406. The van der Waals surface area contributed by atoms with E-state index in [9.17, 15) is 20.0 Å². The first-order chi connectivity index (χ1) is 10.3. The lowest BCUT2D eigenvalue weighted by molar-refractivity contribution is -0.384. The molecule has 11 heteroatoms. The molecule has 0 aliphatic heterocycles. The van der Waals surface area contributed by atoms with E-state index in [4.69, 9.17) is 22.2 Å². The van der Waals surface area contributed by atoms with Crippen LogP contribution >= 0.6 is 11.6 Å². The van der Waals surface area contributed by atoms with Crippen LogP contribution in [0.3, 0.4) is 0 Å². The Balaban J connectivity index is 2.67. The van der Waals surface area contributed by atoms with Crippen LogP contribution in [0.15, 0.2) is 12.1 Å². The normalized spacial score (nSPS) is 10.5. The Morgan fingerprint density at radius 2 is 2.23 bits per heavy atom. The van der Waals surface area contributed by atoms with E-state index < -0.39 is 22.7 Å². The Bertz CT molecular complexity index is 768. The van der Waals surface area contributed by atoms with Crippen molar-refractivity contribution >= 4 is 40.1 Å². The van der Waals surface area contributed by atoms with Crippen LogP contribution in [0.5, 0.6) is 6.01 Å². The first-order valence-corrected chi connectivity index (χ1v) is 6.29. The van der Waals surface area contributed by atoms with Crippen molar-refractivity contribution in [3.05, 3.63) is 27.3 Å². The van der Waals surface area contributed by atoms with Gasteiger partial charge >= 0.3 is 12.1 Å². The number of nitro benzene ring substituents is 1. The molecule has 116 valence electrons. The Kier molecular flexibility index (Phi) is 4.24. The zero-order valence-corrected chi connectivity index (χ0v) is 11.9. The highest BCUT2D eigenvalue weighted by atomic mass is 35.5. The minimum absolute atomic E-state index is 0.00153. The van der Waals surface area contributed by atoms with Gasteiger partial charge in [0.05, 0.1) is 17.0 Å². The summed E-state index contributed by atoms with van der Waals surface area (Å²) in [6.07, 6.45) is -0.920. The summed E-state index contributed by atoms with van der Waals surface area (Å²) in [6, 6.07) is 1.52. The smallest absolute Gasteiger partial charge is 0.430 e. The van der Waals surface area contributed by atoms with Gasteiger partial charge in [-0.2, -0.15) is 15.0 Å². The number of halogens is 1. The number of hydrogen-bond donors (Lipinski definition) is 2. The third kappa shape index (κ3) is 2.82. The van der Waals surface area contributed by atoms with Gasteiger partial charge in [0.25, 0.3) is 5.69 Å². The molecule has 0 aliphatic carbocycles. The van der Waals surface area contributed by atoms with E-state index >= 15 is 0 Å². The Labute approximate surface area is 128 Å². The zero-order chi connectivity index (χ0) is 16.4. The van der Waals surface area contributed by atoms with E-state index in [0.717, 1.165) is 6.07 Å². The van der Waals surface area contributed by atoms with Crippen molar-refractivity contribution in [2.75, 3.05) is 11.6 Å². The fraction of sp³-hybridized carbons (Fsp3) is 0.182. The van der Waals surface area contributed by atoms with Gasteiger partial charge in [0.1, 0.15) is 5.02 Å². The molecule has 3 N–H and O–H groups in total. The number of amides is 1. The van der Waals surface area contributed by atoms with Gasteiger partial charge in [0.15, 0.2) is 5.82 Å². The number of anilines is 1. The molecule has 0 fully saturated rings. The van der Waals surface area contributed by atoms with Gasteiger partial charge in [0.2, 0.25) is 0 Å². The second-order valence-electron chi connectivity index (χ2n) is 3.99. The molecule has 0 spiro atoms. The summed E-state index contributed by atoms with van der Waals surface area (Å²) in [5.74, 6) is 5.39. The highest BCUT2D eigenvalue weighted by Gasteiger charge is 2.22. The zero-order valence-electron chi connectivity index (χ0n) is 11.2. The molecule has 1 heterocycles.